The van der Waals surface area contributed by atoms with Gasteiger partial charge in [-0.15, -0.1) is 0 Å². The molecule has 0 radical (unpaired) electrons. The number of nitrogens with two attached hydrogens (primary N) is 2. The van der Waals surface area contributed by atoms with Crippen molar-refractivity contribution in [2.24, 2.45) is 11.5 Å². The predicted octanol–water partition coefficient (Wildman–Crippen LogP) is 0.276. The van der Waals surface area contributed by atoms with E-state index in [9.17, 15) is 0 Å². The molecule has 6 heavy (non-hydrogen) atoms. The molecule has 0 amide bonds. The summed E-state index contributed by atoms with van der Waals surface area (Å²) in [5, 5.41) is 0. The maximum Gasteiger partial charge on any atom is 0.0491 e. The van der Waals surface area contributed by atoms with Crippen molar-refractivity contribution in [1.29, 1.82) is 0 Å². The standard InChI is InChI=1S/C2H8N2.C2H6/c1-2(3)4;1-2/h2H,3-4H2,1H3;1-2H3. The second-order valence-electron chi connectivity index (χ2n) is 0.859. The molecular formula is C4H14N2. The minimum atomic E-state index is -0.167. The van der Waals surface area contributed by atoms with Gasteiger partial charge in [0.15, 0.2) is 0 Å². The Bertz CT molecular complexity index is 10.3. The molecule has 0 aliphatic rings. The van der Waals surface area contributed by atoms with Crippen molar-refractivity contribution in [3.05, 3.63) is 0 Å². The third kappa shape index (κ3) is 5220. The van der Waals surface area contributed by atoms with E-state index < -0.39 is 0 Å². The lowest BCUT2D eigenvalue weighted by atomic mass is 10.7. The van der Waals surface area contributed by atoms with Crippen LogP contribution in [0.4, 0.5) is 0 Å². The average molecular weight is 90.2 g/mol. The summed E-state index contributed by atoms with van der Waals surface area (Å²) in [6.07, 6.45) is -0.167. The maximum atomic E-state index is 4.89. The van der Waals surface area contributed by atoms with Gasteiger partial charge in [0.1, 0.15) is 0 Å². The van der Waals surface area contributed by atoms with Crippen molar-refractivity contribution in [2.75, 3.05) is 0 Å². The van der Waals surface area contributed by atoms with Crippen LogP contribution in [0.1, 0.15) is 20.8 Å². The van der Waals surface area contributed by atoms with Crippen molar-refractivity contribution >= 4 is 0 Å². The summed E-state index contributed by atoms with van der Waals surface area (Å²) in [6, 6.07) is 0. The summed E-state index contributed by atoms with van der Waals surface area (Å²) in [5.41, 5.74) is 9.78. The van der Waals surface area contributed by atoms with Crippen LogP contribution in [0.3, 0.4) is 0 Å². The monoisotopic (exact) mass is 90.1 g/mol. The second kappa shape index (κ2) is 8.87. The third-order valence-electron chi connectivity index (χ3n) is 0. The predicted molar refractivity (Wildman–Crippen MR) is 29.2 cm³/mol. The summed E-state index contributed by atoms with van der Waals surface area (Å²) < 4.78 is 0. The average Bonchev–Trinajstić information content (AvgIpc) is 1.41. The molecule has 4 N–H and O–H groups in total. The van der Waals surface area contributed by atoms with Crippen LogP contribution in [0.25, 0.3) is 0 Å². The maximum absolute atomic E-state index is 4.89. The van der Waals surface area contributed by atoms with Gasteiger partial charge in [-0.25, -0.2) is 0 Å². The Morgan fingerprint density at radius 1 is 1.17 bits per heavy atom. The molecule has 0 aromatic heterocycles. The van der Waals surface area contributed by atoms with Crippen LogP contribution in [0.2, 0.25) is 0 Å². The lowest BCUT2D eigenvalue weighted by Gasteiger charge is -1.83. The van der Waals surface area contributed by atoms with E-state index in [1.54, 1.807) is 6.92 Å². The molecular weight excluding hydrogens is 76.1 g/mol. The summed E-state index contributed by atoms with van der Waals surface area (Å²) >= 11 is 0. The molecule has 0 aliphatic carbocycles. The van der Waals surface area contributed by atoms with E-state index in [1.807, 2.05) is 13.8 Å². The molecule has 0 heterocycles. The largest absolute Gasteiger partial charge is 0.316 e. The van der Waals surface area contributed by atoms with Gasteiger partial charge in [0.2, 0.25) is 0 Å². The molecule has 2 nitrogen and oxygen atoms in total. The number of hydrogen-bond acceptors (Lipinski definition) is 2. The highest BCUT2D eigenvalue weighted by Gasteiger charge is 1.66. The minimum Gasteiger partial charge on any atom is -0.316 e. The zero-order valence-corrected chi connectivity index (χ0v) is 4.73. The van der Waals surface area contributed by atoms with E-state index in [2.05, 4.69) is 0 Å². The Labute approximate surface area is 39.5 Å². The van der Waals surface area contributed by atoms with Gasteiger partial charge in [0.05, 0.1) is 0 Å². The lowest BCUT2D eigenvalue weighted by molar-refractivity contribution is 0.790. The van der Waals surface area contributed by atoms with E-state index in [4.69, 9.17) is 11.5 Å². The Hall–Kier alpha value is -0.0800. The van der Waals surface area contributed by atoms with Crippen LogP contribution in [0.15, 0.2) is 0 Å². The Morgan fingerprint density at radius 3 is 1.17 bits per heavy atom. The Morgan fingerprint density at radius 2 is 1.17 bits per heavy atom. The molecule has 0 saturated heterocycles. The topological polar surface area (TPSA) is 52.0 Å². The fraction of sp³-hybridized carbons (Fsp3) is 1.00. The first-order chi connectivity index (χ1) is 2.73. The quantitative estimate of drug-likeness (QED) is 0.420. The molecule has 0 fully saturated rings. The summed E-state index contributed by atoms with van der Waals surface area (Å²) in [6.45, 7) is 5.72. The molecule has 0 unspecified atom stereocenters. The molecule has 0 bridgehead atoms. The van der Waals surface area contributed by atoms with Crippen LogP contribution in [-0.2, 0) is 0 Å². The van der Waals surface area contributed by atoms with Gasteiger partial charge >= 0.3 is 0 Å². The highest BCUT2D eigenvalue weighted by Crippen LogP contribution is 1.41. The van der Waals surface area contributed by atoms with E-state index >= 15 is 0 Å². The molecule has 0 aromatic rings. The highest BCUT2D eigenvalue weighted by atomic mass is 14.8. The molecule has 0 saturated carbocycles. The molecule has 0 atom stereocenters. The van der Waals surface area contributed by atoms with Crippen molar-refractivity contribution < 1.29 is 0 Å². The molecule has 0 rings (SSSR count). The van der Waals surface area contributed by atoms with Gasteiger partial charge < -0.3 is 11.5 Å². The SMILES string of the molecule is CC.CC(N)N. The van der Waals surface area contributed by atoms with Gasteiger partial charge in [-0.1, -0.05) is 13.8 Å². The summed E-state index contributed by atoms with van der Waals surface area (Å²) in [5.74, 6) is 0. The zero-order chi connectivity index (χ0) is 5.58. The fourth-order valence-electron chi connectivity index (χ4n) is 0. The van der Waals surface area contributed by atoms with Gasteiger partial charge in [0.25, 0.3) is 0 Å². The first-order valence-electron chi connectivity index (χ1n) is 2.24. The van der Waals surface area contributed by atoms with Gasteiger partial charge in [-0.05, 0) is 6.92 Å². The fourth-order valence-corrected chi connectivity index (χ4v) is 0. The van der Waals surface area contributed by atoms with Crippen molar-refractivity contribution in [1.82, 2.24) is 0 Å². The van der Waals surface area contributed by atoms with Crippen LogP contribution < -0.4 is 11.5 Å². The van der Waals surface area contributed by atoms with Gasteiger partial charge in [0, 0.05) is 6.17 Å². The highest BCUT2D eigenvalue weighted by molar-refractivity contribution is 4.28. The molecule has 0 aromatic carbocycles. The van der Waals surface area contributed by atoms with E-state index in [0.717, 1.165) is 0 Å². The number of rotatable bonds is 0. The van der Waals surface area contributed by atoms with Crippen LogP contribution in [0.5, 0.6) is 0 Å². The zero-order valence-electron chi connectivity index (χ0n) is 4.73. The second-order valence-corrected chi connectivity index (χ2v) is 0.859. The first-order valence-corrected chi connectivity index (χ1v) is 2.24. The lowest BCUT2D eigenvalue weighted by Crippen LogP contribution is -2.25. The Kier molecular flexibility index (Phi) is 13.8. The van der Waals surface area contributed by atoms with Crippen molar-refractivity contribution in [3.63, 3.8) is 0 Å². The minimum absolute atomic E-state index is 0.167. The number of hydrogen-bond donors (Lipinski definition) is 2. The smallest absolute Gasteiger partial charge is 0.0491 e. The molecule has 0 aliphatic heterocycles. The molecule has 0 spiro atoms. The van der Waals surface area contributed by atoms with Crippen LogP contribution >= 0.6 is 0 Å². The van der Waals surface area contributed by atoms with Crippen LogP contribution in [-0.4, -0.2) is 6.17 Å². The molecule has 2 heteroatoms. The van der Waals surface area contributed by atoms with E-state index in [0.29, 0.717) is 0 Å². The third-order valence-corrected chi connectivity index (χ3v) is 0. The van der Waals surface area contributed by atoms with Gasteiger partial charge in [-0.2, -0.15) is 0 Å². The first kappa shape index (κ1) is 9.33. The summed E-state index contributed by atoms with van der Waals surface area (Å²) in [7, 11) is 0. The van der Waals surface area contributed by atoms with Crippen molar-refractivity contribution in [2.45, 2.75) is 26.9 Å². The summed E-state index contributed by atoms with van der Waals surface area (Å²) in [4.78, 5) is 0. The Balaban J connectivity index is 0. The van der Waals surface area contributed by atoms with Crippen molar-refractivity contribution in [3.8, 4) is 0 Å². The normalized spacial score (nSPS) is 7.00. The molecule has 40 valence electrons. The van der Waals surface area contributed by atoms with E-state index in [1.165, 1.54) is 0 Å². The van der Waals surface area contributed by atoms with Crippen LogP contribution in [0, 0.1) is 0 Å². The van der Waals surface area contributed by atoms with Gasteiger partial charge in [-0.3, -0.25) is 0 Å². The van der Waals surface area contributed by atoms with E-state index in [-0.39, 0.29) is 6.17 Å².